The Morgan fingerprint density at radius 2 is 2.00 bits per heavy atom. The van der Waals surface area contributed by atoms with Gasteiger partial charge >= 0.3 is 0 Å². The molecule has 0 spiro atoms. The van der Waals surface area contributed by atoms with Gasteiger partial charge < -0.3 is 16.2 Å². The van der Waals surface area contributed by atoms with Crippen molar-refractivity contribution in [2.45, 2.75) is 18.9 Å². The van der Waals surface area contributed by atoms with Gasteiger partial charge in [-0.25, -0.2) is 0 Å². The number of piperazine rings is 1. The molecule has 0 radical (unpaired) electrons. The molecule has 1 aromatic carbocycles. The quantitative estimate of drug-likeness (QED) is 0.393. The minimum Gasteiger partial charge on any atom is -0.505 e. The monoisotopic (exact) mass is 411 g/mol. The zero-order chi connectivity index (χ0) is 14.5. The molecule has 0 saturated carbocycles. The number of allylic oxidation sites excluding steroid dienone is 1. The first kappa shape index (κ1) is 21.5. The Labute approximate surface area is 153 Å². The first-order chi connectivity index (χ1) is 9.65. The molecule has 1 heterocycles. The zero-order valence-electron chi connectivity index (χ0n) is 12.4. The summed E-state index contributed by atoms with van der Waals surface area (Å²) in [4.78, 5) is 2.40. The van der Waals surface area contributed by atoms with Crippen LogP contribution in [0.15, 0.2) is 29.3 Å². The topological polar surface area (TPSA) is 61.5 Å². The van der Waals surface area contributed by atoms with Crippen LogP contribution in [-0.2, 0) is 0 Å². The van der Waals surface area contributed by atoms with Crippen LogP contribution < -0.4 is 11.1 Å². The van der Waals surface area contributed by atoms with Crippen LogP contribution in [-0.4, -0.2) is 36.2 Å². The van der Waals surface area contributed by atoms with E-state index in [0.29, 0.717) is 5.69 Å². The van der Waals surface area contributed by atoms with Crippen LogP contribution in [0, 0.1) is 0 Å². The van der Waals surface area contributed by atoms with Gasteiger partial charge in [-0.1, -0.05) is 22.0 Å². The van der Waals surface area contributed by atoms with Gasteiger partial charge in [0.25, 0.3) is 0 Å². The van der Waals surface area contributed by atoms with Crippen LogP contribution in [0.4, 0.5) is 5.69 Å². The minimum atomic E-state index is 0. The maximum absolute atomic E-state index is 10.4. The molecule has 1 saturated heterocycles. The SMILES string of the molecule is C=CCC[C@@H](c1c(Br)ccc(N)c1O)N1CCNCC1.Cl.Cl. The van der Waals surface area contributed by atoms with E-state index in [2.05, 4.69) is 32.7 Å². The van der Waals surface area contributed by atoms with Crippen molar-refractivity contribution >= 4 is 46.4 Å². The molecule has 1 aliphatic rings. The summed E-state index contributed by atoms with van der Waals surface area (Å²) >= 11 is 3.56. The molecule has 7 heteroatoms. The third-order valence-electron chi connectivity index (χ3n) is 3.76. The Morgan fingerprint density at radius 1 is 1.36 bits per heavy atom. The van der Waals surface area contributed by atoms with Crippen LogP contribution in [0.5, 0.6) is 5.75 Å². The number of nitrogens with one attached hydrogen (secondary N) is 1. The number of hydrogen-bond donors (Lipinski definition) is 3. The molecule has 0 amide bonds. The van der Waals surface area contributed by atoms with Gasteiger partial charge in [0.15, 0.2) is 0 Å². The van der Waals surface area contributed by atoms with Crippen molar-refractivity contribution in [1.82, 2.24) is 10.2 Å². The Morgan fingerprint density at radius 3 is 2.59 bits per heavy atom. The lowest BCUT2D eigenvalue weighted by Crippen LogP contribution is -2.45. The molecule has 1 aliphatic heterocycles. The van der Waals surface area contributed by atoms with Crippen LogP contribution in [0.1, 0.15) is 24.4 Å². The van der Waals surface area contributed by atoms with Gasteiger partial charge in [-0.05, 0) is 25.0 Å². The Kier molecular flexibility index (Phi) is 10.1. The summed E-state index contributed by atoms with van der Waals surface area (Å²) in [5, 5.41) is 13.7. The third kappa shape index (κ3) is 5.03. The van der Waals surface area contributed by atoms with Crippen molar-refractivity contribution in [2.75, 3.05) is 31.9 Å². The molecule has 0 unspecified atom stereocenters. The van der Waals surface area contributed by atoms with Gasteiger partial charge in [-0.15, -0.1) is 31.4 Å². The highest BCUT2D eigenvalue weighted by Crippen LogP contribution is 2.40. The summed E-state index contributed by atoms with van der Waals surface area (Å²) in [6.07, 6.45) is 3.76. The van der Waals surface area contributed by atoms with E-state index in [9.17, 15) is 5.11 Å². The lowest BCUT2D eigenvalue weighted by molar-refractivity contribution is 0.163. The van der Waals surface area contributed by atoms with E-state index in [0.717, 1.165) is 49.1 Å². The number of halogens is 3. The van der Waals surface area contributed by atoms with Crippen LogP contribution in [0.25, 0.3) is 0 Å². The fourth-order valence-corrected chi connectivity index (χ4v) is 3.28. The van der Waals surface area contributed by atoms with Crippen molar-refractivity contribution < 1.29 is 5.11 Å². The third-order valence-corrected chi connectivity index (χ3v) is 4.46. The summed E-state index contributed by atoms with van der Waals surface area (Å²) in [7, 11) is 0. The van der Waals surface area contributed by atoms with Crippen molar-refractivity contribution in [1.29, 1.82) is 0 Å². The van der Waals surface area contributed by atoms with Gasteiger partial charge in [0.2, 0.25) is 0 Å². The molecular weight excluding hydrogens is 389 g/mol. The molecule has 2 rings (SSSR count). The van der Waals surface area contributed by atoms with E-state index in [-0.39, 0.29) is 36.6 Å². The second-order valence-electron chi connectivity index (χ2n) is 5.07. The largest absolute Gasteiger partial charge is 0.505 e. The van der Waals surface area contributed by atoms with E-state index in [1.165, 1.54) is 0 Å². The minimum absolute atomic E-state index is 0. The number of hydrogen-bond acceptors (Lipinski definition) is 4. The van der Waals surface area contributed by atoms with Gasteiger partial charge in [0, 0.05) is 42.3 Å². The van der Waals surface area contributed by atoms with Crippen LogP contribution >= 0.6 is 40.7 Å². The highest BCUT2D eigenvalue weighted by molar-refractivity contribution is 9.10. The standard InChI is InChI=1S/C15H22BrN3O.2ClH/c1-2-3-4-13(19-9-7-18-8-10-19)14-11(16)5-6-12(17)15(14)20;;/h2,5-6,13,18,20H,1,3-4,7-10,17H2;2*1H/t13-;;/m0../s1. The van der Waals surface area contributed by atoms with Crippen LogP contribution in [0.2, 0.25) is 0 Å². The number of nitrogens with zero attached hydrogens (tertiary/aromatic N) is 1. The maximum atomic E-state index is 10.4. The molecule has 4 nitrogen and oxygen atoms in total. The van der Waals surface area contributed by atoms with E-state index < -0.39 is 0 Å². The fraction of sp³-hybridized carbons (Fsp3) is 0.467. The molecule has 1 aromatic rings. The molecule has 0 aliphatic carbocycles. The van der Waals surface area contributed by atoms with Crippen molar-refractivity contribution in [3.63, 3.8) is 0 Å². The van der Waals surface area contributed by atoms with E-state index >= 15 is 0 Å². The first-order valence-electron chi connectivity index (χ1n) is 6.97. The normalized spacial score (nSPS) is 16.2. The number of benzene rings is 1. The Hall–Kier alpha value is -0.460. The molecule has 4 N–H and O–H groups in total. The predicted octanol–water partition coefficient (Wildman–Crippen LogP) is 3.49. The summed E-state index contributed by atoms with van der Waals surface area (Å²) < 4.78 is 0.914. The number of rotatable bonds is 5. The summed E-state index contributed by atoms with van der Waals surface area (Å²) in [5.41, 5.74) is 7.19. The van der Waals surface area contributed by atoms with Gasteiger partial charge in [0.1, 0.15) is 5.75 Å². The number of anilines is 1. The highest BCUT2D eigenvalue weighted by atomic mass is 79.9. The molecule has 22 heavy (non-hydrogen) atoms. The van der Waals surface area contributed by atoms with Crippen LogP contribution in [0.3, 0.4) is 0 Å². The number of nitrogen functional groups attached to an aromatic ring is 1. The van der Waals surface area contributed by atoms with Gasteiger partial charge in [-0.3, -0.25) is 4.90 Å². The zero-order valence-corrected chi connectivity index (χ0v) is 15.6. The van der Waals surface area contributed by atoms with Crippen molar-refractivity contribution in [3.8, 4) is 5.75 Å². The Bertz CT molecular complexity index is 482. The fourth-order valence-electron chi connectivity index (χ4n) is 2.70. The molecule has 0 aromatic heterocycles. The van der Waals surface area contributed by atoms with E-state index in [4.69, 9.17) is 5.73 Å². The number of phenols is 1. The lowest BCUT2D eigenvalue weighted by Gasteiger charge is -2.36. The molecule has 1 atom stereocenters. The second-order valence-corrected chi connectivity index (χ2v) is 5.92. The van der Waals surface area contributed by atoms with Gasteiger partial charge in [0.05, 0.1) is 5.69 Å². The average Bonchev–Trinajstić information content (AvgIpc) is 2.47. The highest BCUT2D eigenvalue weighted by Gasteiger charge is 2.26. The van der Waals surface area contributed by atoms with Crippen molar-refractivity contribution in [2.24, 2.45) is 0 Å². The second kappa shape index (κ2) is 10.3. The molecular formula is C15H24BrCl2N3O. The summed E-state index contributed by atoms with van der Waals surface area (Å²) in [6.45, 7) is 7.71. The smallest absolute Gasteiger partial charge is 0.144 e. The number of nitrogens with two attached hydrogens (primary N) is 1. The molecule has 0 bridgehead atoms. The first-order valence-corrected chi connectivity index (χ1v) is 7.77. The molecule has 126 valence electrons. The summed E-state index contributed by atoms with van der Waals surface area (Å²) in [5.74, 6) is 0.201. The van der Waals surface area contributed by atoms with Gasteiger partial charge in [-0.2, -0.15) is 0 Å². The number of aromatic hydroxyl groups is 1. The average molecular weight is 413 g/mol. The van der Waals surface area contributed by atoms with E-state index in [1.807, 2.05) is 12.1 Å². The predicted molar refractivity (Wildman–Crippen MR) is 101 cm³/mol. The Balaban J connectivity index is 0.00000220. The van der Waals surface area contributed by atoms with Crippen molar-refractivity contribution in [3.05, 3.63) is 34.8 Å². The molecule has 1 fully saturated rings. The number of phenolic OH excluding ortho intramolecular Hbond substituents is 1. The lowest BCUT2D eigenvalue weighted by atomic mass is 9.97. The maximum Gasteiger partial charge on any atom is 0.144 e. The van der Waals surface area contributed by atoms with E-state index in [1.54, 1.807) is 6.07 Å². The summed E-state index contributed by atoms with van der Waals surface area (Å²) in [6, 6.07) is 3.80.